The van der Waals surface area contributed by atoms with Crippen LogP contribution in [0.5, 0.6) is 0 Å². The monoisotopic (exact) mass is 366 g/mol. The van der Waals surface area contributed by atoms with Gasteiger partial charge in [0.25, 0.3) is 0 Å². The Labute approximate surface area is 159 Å². The number of imidazole rings is 1. The summed E-state index contributed by atoms with van der Waals surface area (Å²) >= 11 is 0. The average molecular weight is 366 g/mol. The Morgan fingerprint density at radius 1 is 1.33 bits per heavy atom. The lowest BCUT2D eigenvalue weighted by atomic mass is 10.1. The van der Waals surface area contributed by atoms with Crippen molar-refractivity contribution in [3.8, 4) is 0 Å². The standard InChI is InChI=1S/C21H26N4O2/c1-5-14-13-15(21(26)27-4)19-22-16-9-6-7-10-17(16)25(19)20(14)24-12-8-11-18(24)23(2)3/h6-7,9-10,13,18H,5,8,11-12H2,1-4H3. The summed E-state index contributed by atoms with van der Waals surface area (Å²) < 4.78 is 7.21. The van der Waals surface area contributed by atoms with Crippen molar-refractivity contribution in [2.75, 3.05) is 32.6 Å². The molecule has 2 aromatic heterocycles. The van der Waals surface area contributed by atoms with Gasteiger partial charge in [-0.2, -0.15) is 0 Å². The second kappa shape index (κ2) is 6.85. The van der Waals surface area contributed by atoms with Gasteiger partial charge in [0.05, 0.1) is 24.3 Å². The number of esters is 1. The molecule has 6 heteroatoms. The lowest BCUT2D eigenvalue weighted by Crippen LogP contribution is -2.41. The zero-order valence-corrected chi connectivity index (χ0v) is 16.4. The summed E-state index contributed by atoms with van der Waals surface area (Å²) in [5.41, 5.74) is 4.24. The molecule has 1 aliphatic heterocycles. The van der Waals surface area contributed by atoms with Gasteiger partial charge in [0, 0.05) is 6.54 Å². The van der Waals surface area contributed by atoms with Crippen LogP contribution in [-0.2, 0) is 11.2 Å². The molecule has 1 atom stereocenters. The average Bonchev–Trinajstić information content (AvgIpc) is 3.31. The van der Waals surface area contributed by atoms with Crippen LogP contribution < -0.4 is 4.90 Å². The van der Waals surface area contributed by atoms with E-state index < -0.39 is 0 Å². The Bertz CT molecular complexity index is 1010. The van der Waals surface area contributed by atoms with Gasteiger partial charge in [0.2, 0.25) is 0 Å². The number of anilines is 1. The Morgan fingerprint density at radius 2 is 2.11 bits per heavy atom. The van der Waals surface area contributed by atoms with E-state index in [1.165, 1.54) is 7.11 Å². The Morgan fingerprint density at radius 3 is 2.81 bits per heavy atom. The number of nitrogens with zero attached hydrogens (tertiary/aromatic N) is 4. The number of rotatable bonds is 4. The van der Waals surface area contributed by atoms with Gasteiger partial charge in [0.1, 0.15) is 11.4 Å². The first-order valence-corrected chi connectivity index (χ1v) is 9.51. The Hall–Kier alpha value is -2.60. The van der Waals surface area contributed by atoms with Gasteiger partial charge >= 0.3 is 5.97 Å². The number of hydrogen-bond acceptors (Lipinski definition) is 5. The molecule has 142 valence electrons. The molecule has 0 N–H and O–H groups in total. The quantitative estimate of drug-likeness (QED) is 0.663. The van der Waals surface area contributed by atoms with Crippen LogP contribution in [0.25, 0.3) is 16.7 Å². The Kier molecular flexibility index (Phi) is 4.52. The van der Waals surface area contributed by atoms with Crippen molar-refractivity contribution < 1.29 is 9.53 Å². The molecule has 0 radical (unpaired) electrons. The van der Waals surface area contributed by atoms with E-state index >= 15 is 0 Å². The third kappa shape index (κ3) is 2.75. The molecule has 1 fully saturated rings. The minimum absolute atomic E-state index is 0.337. The molecule has 1 aliphatic rings. The van der Waals surface area contributed by atoms with E-state index in [4.69, 9.17) is 9.72 Å². The van der Waals surface area contributed by atoms with Crippen molar-refractivity contribution in [3.63, 3.8) is 0 Å². The molecule has 3 heterocycles. The molecule has 6 nitrogen and oxygen atoms in total. The van der Waals surface area contributed by atoms with Gasteiger partial charge in [-0.25, -0.2) is 9.78 Å². The fourth-order valence-corrected chi connectivity index (χ4v) is 4.23. The largest absolute Gasteiger partial charge is 0.465 e. The van der Waals surface area contributed by atoms with E-state index in [1.807, 2.05) is 24.3 Å². The molecule has 0 saturated carbocycles. The third-order valence-corrected chi connectivity index (χ3v) is 5.49. The number of ether oxygens (including phenoxy) is 1. The second-order valence-electron chi connectivity index (χ2n) is 7.29. The predicted octanol–water partition coefficient (Wildman–Crippen LogP) is 3.32. The van der Waals surface area contributed by atoms with Gasteiger partial charge < -0.3 is 9.64 Å². The SMILES string of the molecule is CCc1cc(C(=O)OC)c2nc3ccccc3n2c1N1CCCC1N(C)C. The summed E-state index contributed by atoms with van der Waals surface area (Å²) in [4.78, 5) is 22.0. The fraction of sp³-hybridized carbons (Fsp3) is 0.429. The number of para-hydroxylation sites is 2. The van der Waals surface area contributed by atoms with Crippen LogP contribution in [0.1, 0.15) is 35.7 Å². The number of pyridine rings is 1. The normalized spacial score (nSPS) is 17.4. The maximum absolute atomic E-state index is 12.5. The van der Waals surface area contributed by atoms with Crippen molar-refractivity contribution in [2.24, 2.45) is 0 Å². The number of methoxy groups -OCH3 is 1. The predicted molar refractivity (Wildman–Crippen MR) is 107 cm³/mol. The zero-order chi connectivity index (χ0) is 19.1. The summed E-state index contributed by atoms with van der Waals surface area (Å²) in [5, 5.41) is 0. The Balaban J connectivity index is 2.10. The first kappa shape index (κ1) is 17.8. The number of benzene rings is 1. The third-order valence-electron chi connectivity index (χ3n) is 5.49. The number of aryl methyl sites for hydroxylation is 1. The molecule has 0 spiro atoms. The van der Waals surface area contributed by atoms with E-state index in [2.05, 4.69) is 41.3 Å². The summed E-state index contributed by atoms with van der Waals surface area (Å²) in [6.45, 7) is 3.13. The van der Waals surface area contributed by atoms with Crippen LogP contribution in [0.4, 0.5) is 5.82 Å². The highest BCUT2D eigenvalue weighted by molar-refractivity contribution is 5.99. The van der Waals surface area contributed by atoms with Gasteiger partial charge in [-0.3, -0.25) is 9.30 Å². The van der Waals surface area contributed by atoms with Crippen molar-refractivity contribution in [1.29, 1.82) is 0 Å². The van der Waals surface area contributed by atoms with Crippen LogP contribution in [0.2, 0.25) is 0 Å². The van der Waals surface area contributed by atoms with Crippen LogP contribution in [0.3, 0.4) is 0 Å². The van der Waals surface area contributed by atoms with Gasteiger partial charge in [-0.1, -0.05) is 19.1 Å². The fourth-order valence-electron chi connectivity index (χ4n) is 4.23. The summed E-state index contributed by atoms with van der Waals surface area (Å²) in [6, 6.07) is 10.0. The number of carbonyl (C=O) groups is 1. The van der Waals surface area contributed by atoms with Gasteiger partial charge in [0.15, 0.2) is 5.65 Å². The minimum atomic E-state index is -0.345. The van der Waals surface area contributed by atoms with E-state index in [0.717, 1.165) is 48.2 Å². The zero-order valence-electron chi connectivity index (χ0n) is 16.4. The van der Waals surface area contributed by atoms with Crippen LogP contribution in [0.15, 0.2) is 30.3 Å². The van der Waals surface area contributed by atoms with Crippen LogP contribution >= 0.6 is 0 Å². The number of carbonyl (C=O) groups excluding carboxylic acids is 1. The van der Waals surface area contributed by atoms with Gasteiger partial charge in [-0.15, -0.1) is 0 Å². The van der Waals surface area contributed by atoms with E-state index in [1.54, 1.807) is 0 Å². The van der Waals surface area contributed by atoms with E-state index in [-0.39, 0.29) is 5.97 Å². The molecule has 27 heavy (non-hydrogen) atoms. The highest BCUT2D eigenvalue weighted by atomic mass is 16.5. The molecule has 3 aromatic rings. The lowest BCUT2D eigenvalue weighted by Gasteiger charge is -2.33. The molecule has 1 unspecified atom stereocenters. The summed E-state index contributed by atoms with van der Waals surface area (Å²) in [5.74, 6) is 0.798. The first-order valence-electron chi connectivity index (χ1n) is 9.51. The topological polar surface area (TPSA) is 50.1 Å². The number of hydrogen-bond donors (Lipinski definition) is 0. The summed E-state index contributed by atoms with van der Waals surface area (Å²) in [6.07, 6.45) is 3.45. The molecule has 4 rings (SSSR count). The molecular weight excluding hydrogens is 340 g/mol. The van der Waals surface area contributed by atoms with Crippen LogP contribution in [-0.4, -0.2) is 54.2 Å². The number of aromatic nitrogens is 2. The maximum atomic E-state index is 12.5. The molecule has 1 aromatic carbocycles. The molecule has 0 amide bonds. The van der Waals surface area contributed by atoms with Crippen molar-refractivity contribution in [3.05, 3.63) is 41.5 Å². The molecule has 0 aliphatic carbocycles. The van der Waals surface area contributed by atoms with E-state index in [9.17, 15) is 4.79 Å². The minimum Gasteiger partial charge on any atom is -0.465 e. The maximum Gasteiger partial charge on any atom is 0.341 e. The lowest BCUT2D eigenvalue weighted by molar-refractivity contribution is 0.0602. The second-order valence-corrected chi connectivity index (χ2v) is 7.29. The van der Waals surface area contributed by atoms with Gasteiger partial charge in [-0.05, 0) is 57.1 Å². The van der Waals surface area contributed by atoms with Crippen molar-refractivity contribution in [2.45, 2.75) is 32.4 Å². The number of fused-ring (bicyclic) bond motifs is 3. The van der Waals surface area contributed by atoms with Crippen LogP contribution in [0, 0.1) is 0 Å². The molecule has 0 bridgehead atoms. The van der Waals surface area contributed by atoms with Crippen molar-refractivity contribution >= 4 is 28.5 Å². The smallest absolute Gasteiger partial charge is 0.341 e. The molecule has 1 saturated heterocycles. The highest BCUT2D eigenvalue weighted by Crippen LogP contribution is 2.35. The van der Waals surface area contributed by atoms with Crippen molar-refractivity contribution in [1.82, 2.24) is 14.3 Å². The first-order chi connectivity index (χ1) is 13.1. The highest BCUT2D eigenvalue weighted by Gasteiger charge is 2.31. The molecular formula is C21H26N4O2. The summed E-state index contributed by atoms with van der Waals surface area (Å²) in [7, 11) is 5.67. The van der Waals surface area contributed by atoms with E-state index in [0.29, 0.717) is 17.4 Å².